The van der Waals surface area contributed by atoms with Crippen molar-refractivity contribution in [2.75, 3.05) is 6.54 Å². The van der Waals surface area contributed by atoms with Crippen LogP contribution in [0.15, 0.2) is 30.3 Å². The van der Waals surface area contributed by atoms with Crippen molar-refractivity contribution in [1.82, 2.24) is 10.6 Å². The van der Waals surface area contributed by atoms with Gasteiger partial charge in [0.15, 0.2) is 0 Å². The van der Waals surface area contributed by atoms with E-state index in [1.54, 1.807) is 0 Å². The Labute approximate surface area is 161 Å². The molecule has 1 unspecified atom stereocenters. The number of amides is 3. The molecule has 1 saturated carbocycles. The molecule has 0 aliphatic heterocycles. The smallest absolute Gasteiger partial charge is 0.240 e. The number of benzene rings is 1. The van der Waals surface area contributed by atoms with Crippen molar-refractivity contribution in [2.45, 2.75) is 63.8 Å². The number of nitrogens with two attached hydrogens (primary N) is 1. The minimum Gasteiger partial charge on any atom is -0.368 e. The van der Waals surface area contributed by atoms with Gasteiger partial charge in [0.25, 0.3) is 0 Å². The summed E-state index contributed by atoms with van der Waals surface area (Å²) in [6.07, 6.45) is 7.91. The van der Waals surface area contributed by atoms with Crippen molar-refractivity contribution in [3.8, 4) is 0 Å². The van der Waals surface area contributed by atoms with Gasteiger partial charge in [-0.3, -0.25) is 14.4 Å². The van der Waals surface area contributed by atoms with Crippen LogP contribution in [0.3, 0.4) is 0 Å². The second-order valence-corrected chi connectivity index (χ2v) is 7.35. The molecule has 0 radical (unpaired) electrons. The Hall–Kier alpha value is -2.37. The molecule has 3 amide bonds. The molecule has 6 heteroatoms. The fourth-order valence-electron chi connectivity index (χ4n) is 3.55. The maximum atomic E-state index is 12.1. The Morgan fingerprint density at radius 2 is 1.74 bits per heavy atom. The van der Waals surface area contributed by atoms with Crippen LogP contribution >= 0.6 is 0 Å². The summed E-state index contributed by atoms with van der Waals surface area (Å²) >= 11 is 0. The first-order chi connectivity index (χ1) is 13.0. The maximum Gasteiger partial charge on any atom is 0.240 e. The van der Waals surface area contributed by atoms with Gasteiger partial charge < -0.3 is 16.4 Å². The Bertz CT molecular complexity index is 612. The number of primary amides is 1. The fourth-order valence-corrected chi connectivity index (χ4v) is 3.55. The highest BCUT2D eigenvalue weighted by Crippen LogP contribution is 2.27. The van der Waals surface area contributed by atoms with E-state index in [2.05, 4.69) is 10.6 Å². The Kier molecular flexibility index (Phi) is 8.81. The zero-order valence-corrected chi connectivity index (χ0v) is 15.9. The van der Waals surface area contributed by atoms with Gasteiger partial charge in [-0.15, -0.1) is 0 Å². The van der Waals surface area contributed by atoms with Gasteiger partial charge in [-0.05, 0) is 24.3 Å². The summed E-state index contributed by atoms with van der Waals surface area (Å²) in [6.45, 7) is 0.476. The molecule has 0 spiro atoms. The molecular formula is C21H31N3O3. The molecule has 1 fully saturated rings. The largest absolute Gasteiger partial charge is 0.368 e. The third-order valence-corrected chi connectivity index (χ3v) is 5.15. The minimum absolute atomic E-state index is 0.126. The van der Waals surface area contributed by atoms with Gasteiger partial charge in [0, 0.05) is 13.0 Å². The van der Waals surface area contributed by atoms with Gasteiger partial charge in [0.1, 0.15) is 6.04 Å². The number of hydrogen-bond acceptors (Lipinski definition) is 3. The van der Waals surface area contributed by atoms with Crippen LogP contribution in [-0.2, 0) is 20.8 Å². The van der Waals surface area contributed by atoms with Gasteiger partial charge in [-0.2, -0.15) is 0 Å². The van der Waals surface area contributed by atoms with E-state index < -0.39 is 11.9 Å². The predicted molar refractivity (Wildman–Crippen MR) is 105 cm³/mol. The highest BCUT2D eigenvalue weighted by atomic mass is 16.2. The highest BCUT2D eigenvalue weighted by molar-refractivity contribution is 5.91. The highest BCUT2D eigenvalue weighted by Gasteiger charge is 2.22. The quantitative estimate of drug-likeness (QED) is 0.585. The first-order valence-electron chi connectivity index (χ1n) is 9.94. The molecule has 1 aliphatic carbocycles. The molecule has 0 heterocycles. The molecule has 0 aromatic heterocycles. The van der Waals surface area contributed by atoms with Gasteiger partial charge in [0.05, 0.1) is 6.42 Å². The lowest BCUT2D eigenvalue weighted by Crippen LogP contribution is -2.47. The van der Waals surface area contributed by atoms with Crippen molar-refractivity contribution in [1.29, 1.82) is 0 Å². The molecule has 148 valence electrons. The normalized spacial score (nSPS) is 15.7. The molecule has 1 aromatic carbocycles. The lowest BCUT2D eigenvalue weighted by Gasteiger charge is -2.21. The fraction of sp³-hybridized carbons (Fsp3) is 0.571. The van der Waals surface area contributed by atoms with Crippen LogP contribution in [0, 0.1) is 5.92 Å². The molecule has 0 bridgehead atoms. The Morgan fingerprint density at radius 1 is 1.04 bits per heavy atom. The molecular weight excluding hydrogens is 342 g/mol. The van der Waals surface area contributed by atoms with Crippen molar-refractivity contribution in [3.05, 3.63) is 35.9 Å². The van der Waals surface area contributed by atoms with Gasteiger partial charge >= 0.3 is 0 Å². The third kappa shape index (κ3) is 8.24. The number of hydrogen-bond donors (Lipinski definition) is 3. The van der Waals surface area contributed by atoms with Crippen molar-refractivity contribution in [3.63, 3.8) is 0 Å². The van der Waals surface area contributed by atoms with E-state index in [9.17, 15) is 14.4 Å². The summed E-state index contributed by atoms with van der Waals surface area (Å²) in [5, 5.41) is 5.40. The molecule has 0 saturated heterocycles. The van der Waals surface area contributed by atoms with Gasteiger partial charge in [0.2, 0.25) is 17.7 Å². The SMILES string of the molecule is NC(=O)C(CC(=O)NCCc1ccccc1)NC(=O)CCC1CCCCC1. The van der Waals surface area contributed by atoms with E-state index in [-0.39, 0.29) is 18.2 Å². The van der Waals surface area contributed by atoms with Crippen LogP contribution in [0.25, 0.3) is 0 Å². The number of carbonyl (C=O) groups is 3. The lowest BCUT2D eigenvalue weighted by atomic mass is 9.86. The summed E-state index contributed by atoms with van der Waals surface area (Å²) in [6, 6.07) is 8.86. The predicted octanol–water partition coefficient (Wildman–Crippen LogP) is 2.07. The molecule has 4 N–H and O–H groups in total. The average molecular weight is 373 g/mol. The monoisotopic (exact) mass is 373 g/mol. The summed E-state index contributed by atoms with van der Waals surface area (Å²) in [5.74, 6) is -0.583. The van der Waals surface area contributed by atoms with Crippen LogP contribution < -0.4 is 16.4 Å². The first-order valence-corrected chi connectivity index (χ1v) is 9.94. The van der Waals surface area contributed by atoms with E-state index >= 15 is 0 Å². The van der Waals surface area contributed by atoms with Crippen molar-refractivity contribution >= 4 is 17.7 Å². The second-order valence-electron chi connectivity index (χ2n) is 7.35. The number of rotatable bonds is 10. The number of carbonyl (C=O) groups excluding carboxylic acids is 3. The first kappa shape index (κ1) is 20.9. The summed E-state index contributed by atoms with van der Waals surface area (Å²) in [7, 11) is 0. The molecule has 1 aromatic rings. The van der Waals surface area contributed by atoms with Crippen LogP contribution in [0.1, 0.15) is 56.9 Å². The van der Waals surface area contributed by atoms with Gasteiger partial charge in [-0.1, -0.05) is 62.4 Å². The second kappa shape index (κ2) is 11.4. The summed E-state index contributed by atoms with van der Waals surface area (Å²) < 4.78 is 0. The minimum atomic E-state index is -0.958. The molecule has 2 rings (SSSR count). The van der Waals surface area contributed by atoms with Crippen molar-refractivity contribution < 1.29 is 14.4 Å². The van der Waals surface area contributed by atoms with Gasteiger partial charge in [-0.25, -0.2) is 0 Å². The van der Waals surface area contributed by atoms with Crippen LogP contribution in [-0.4, -0.2) is 30.3 Å². The van der Waals surface area contributed by atoms with E-state index in [1.807, 2.05) is 30.3 Å². The molecule has 1 aliphatic rings. The van der Waals surface area contributed by atoms with Crippen molar-refractivity contribution in [2.24, 2.45) is 11.7 Å². The zero-order chi connectivity index (χ0) is 19.5. The average Bonchev–Trinajstić information content (AvgIpc) is 2.67. The van der Waals surface area contributed by atoms with E-state index in [4.69, 9.17) is 5.73 Å². The Morgan fingerprint density at radius 3 is 2.41 bits per heavy atom. The third-order valence-electron chi connectivity index (χ3n) is 5.15. The molecule has 27 heavy (non-hydrogen) atoms. The zero-order valence-electron chi connectivity index (χ0n) is 15.9. The molecule has 1 atom stereocenters. The van der Waals surface area contributed by atoms with E-state index in [0.29, 0.717) is 25.3 Å². The number of nitrogens with one attached hydrogen (secondary N) is 2. The summed E-state index contributed by atoms with van der Waals surface area (Å²) in [5.41, 5.74) is 6.48. The lowest BCUT2D eigenvalue weighted by molar-refractivity contribution is -0.130. The summed E-state index contributed by atoms with van der Waals surface area (Å²) in [4.78, 5) is 35.8. The van der Waals surface area contributed by atoms with Crippen LogP contribution in [0.4, 0.5) is 0 Å². The maximum absolute atomic E-state index is 12.1. The van der Waals surface area contributed by atoms with E-state index in [0.717, 1.165) is 12.0 Å². The van der Waals surface area contributed by atoms with Crippen LogP contribution in [0.5, 0.6) is 0 Å². The topological polar surface area (TPSA) is 101 Å². The van der Waals surface area contributed by atoms with E-state index in [1.165, 1.54) is 32.1 Å². The standard InChI is InChI=1S/C21H31N3O3/c22-21(27)18(24-19(25)12-11-16-7-3-1-4-8-16)15-20(26)23-14-13-17-9-5-2-6-10-17/h2,5-6,9-10,16,18H,1,3-4,7-8,11-15H2,(H2,22,27)(H,23,26)(H,24,25). The van der Waals surface area contributed by atoms with Crippen LogP contribution in [0.2, 0.25) is 0 Å². The Balaban J connectivity index is 1.69. The molecule has 6 nitrogen and oxygen atoms in total.